The molecule has 0 bridgehead atoms. The summed E-state index contributed by atoms with van der Waals surface area (Å²) >= 11 is 0. The van der Waals surface area contributed by atoms with Crippen LogP contribution < -0.4 is 0 Å². The minimum absolute atomic E-state index is 0.0233. The van der Waals surface area contributed by atoms with Gasteiger partial charge in [-0.15, -0.1) is 0 Å². The number of aliphatic hydroxyl groups is 1. The largest absolute Gasteiger partial charge is 0.469 e. The van der Waals surface area contributed by atoms with E-state index in [9.17, 15) is 9.59 Å². The zero-order valence-electron chi connectivity index (χ0n) is 12.8. The summed E-state index contributed by atoms with van der Waals surface area (Å²) in [5, 5.41) is 8.64. The van der Waals surface area contributed by atoms with Crippen LogP contribution in [0.3, 0.4) is 0 Å². The highest BCUT2D eigenvalue weighted by Crippen LogP contribution is 2.06. The van der Waals surface area contributed by atoms with Crippen LogP contribution in [0.15, 0.2) is 0 Å². The van der Waals surface area contributed by atoms with E-state index in [1.54, 1.807) is 11.8 Å². The van der Waals surface area contributed by atoms with Crippen LogP contribution in [-0.2, 0) is 19.1 Å². The molecule has 6 heteroatoms. The Bertz CT molecular complexity index is 283. The van der Waals surface area contributed by atoms with Gasteiger partial charge < -0.3 is 19.5 Å². The second-order valence-corrected chi connectivity index (χ2v) is 4.70. The lowest BCUT2D eigenvalue weighted by molar-refractivity contribution is -0.146. The maximum Gasteiger partial charge on any atom is 0.310 e. The van der Waals surface area contributed by atoms with Gasteiger partial charge in [-0.2, -0.15) is 0 Å². The molecule has 1 amide bonds. The summed E-state index contributed by atoms with van der Waals surface area (Å²) in [6.45, 7) is 5.08. The first-order chi connectivity index (χ1) is 9.56. The Morgan fingerprint density at radius 1 is 1.30 bits per heavy atom. The SMILES string of the molecule is CCCCC(=O)N(CCOCCO)CC(C)C(=O)OC. The smallest absolute Gasteiger partial charge is 0.310 e. The van der Waals surface area contributed by atoms with E-state index in [-0.39, 0.29) is 31.0 Å². The van der Waals surface area contributed by atoms with Crippen molar-refractivity contribution in [1.82, 2.24) is 4.90 Å². The molecule has 0 saturated carbocycles. The van der Waals surface area contributed by atoms with Crippen LogP contribution in [-0.4, -0.2) is 61.9 Å². The van der Waals surface area contributed by atoms with E-state index in [0.717, 1.165) is 12.8 Å². The van der Waals surface area contributed by atoms with Gasteiger partial charge in [0.1, 0.15) is 0 Å². The van der Waals surface area contributed by atoms with Crippen molar-refractivity contribution in [3.8, 4) is 0 Å². The molecule has 118 valence electrons. The molecule has 0 aliphatic rings. The molecule has 0 radical (unpaired) electrons. The second kappa shape index (κ2) is 11.7. The lowest BCUT2D eigenvalue weighted by Gasteiger charge is -2.25. The lowest BCUT2D eigenvalue weighted by atomic mass is 10.1. The van der Waals surface area contributed by atoms with Gasteiger partial charge in [0, 0.05) is 19.5 Å². The Labute approximate surface area is 121 Å². The molecule has 0 aromatic rings. The summed E-state index contributed by atoms with van der Waals surface area (Å²) in [6.07, 6.45) is 2.26. The molecule has 1 atom stereocenters. The minimum Gasteiger partial charge on any atom is -0.469 e. The minimum atomic E-state index is -0.358. The van der Waals surface area contributed by atoms with Crippen molar-refractivity contribution in [1.29, 1.82) is 0 Å². The van der Waals surface area contributed by atoms with Gasteiger partial charge >= 0.3 is 5.97 Å². The molecular formula is C14H27NO5. The number of hydrogen-bond donors (Lipinski definition) is 1. The van der Waals surface area contributed by atoms with Crippen molar-refractivity contribution in [2.24, 2.45) is 5.92 Å². The maximum atomic E-state index is 12.1. The van der Waals surface area contributed by atoms with E-state index in [1.165, 1.54) is 7.11 Å². The van der Waals surface area contributed by atoms with Gasteiger partial charge in [-0.05, 0) is 6.42 Å². The van der Waals surface area contributed by atoms with Crippen LogP contribution in [0.5, 0.6) is 0 Å². The van der Waals surface area contributed by atoms with E-state index in [0.29, 0.717) is 26.1 Å². The lowest BCUT2D eigenvalue weighted by Crippen LogP contribution is -2.39. The predicted octanol–water partition coefficient (Wildman–Crippen LogP) is 0.823. The van der Waals surface area contributed by atoms with Crippen LogP contribution in [0.1, 0.15) is 33.1 Å². The Balaban J connectivity index is 4.36. The normalized spacial score (nSPS) is 12.0. The van der Waals surface area contributed by atoms with Gasteiger partial charge in [0.25, 0.3) is 0 Å². The number of rotatable bonds is 11. The van der Waals surface area contributed by atoms with Crippen molar-refractivity contribution in [3.63, 3.8) is 0 Å². The Morgan fingerprint density at radius 2 is 2.00 bits per heavy atom. The van der Waals surface area contributed by atoms with Crippen LogP contribution >= 0.6 is 0 Å². The number of carbonyl (C=O) groups is 2. The summed E-state index contributed by atoms with van der Waals surface area (Å²) in [7, 11) is 1.34. The number of unbranched alkanes of at least 4 members (excludes halogenated alkanes) is 1. The first-order valence-electron chi connectivity index (χ1n) is 7.11. The number of esters is 1. The van der Waals surface area contributed by atoms with Crippen LogP contribution in [0.25, 0.3) is 0 Å². The quantitative estimate of drug-likeness (QED) is 0.450. The van der Waals surface area contributed by atoms with E-state index in [4.69, 9.17) is 9.84 Å². The Kier molecular flexibility index (Phi) is 11.0. The monoisotopic (exact) mass is 289 g/mol. The molecule has 0 aliphatic carbocycles. The molecule has 0 heterocycles. The van der Waals surface area contributed by atoms with Crippen molar-refractivity contribution in [2.45, 2.75) is 33.1 Å². The standard InChI is InChI=1S/C14H27NO5/c1-4-5-6-13(17)15(7-9-20-10-8-16)11-12(2)14(18)19-3/h12,16H,4-11H2,1-3H3. The highest BCUT2D eigenvalue weighted by molar-refractivity contribution is 5.77. The van der Waals surface area contributed by atoms with Gasteiger partial charge in [0.05, 0.1) is 32.8 Å². The summed E-state index contributed by atoms with van der Waals surface area (Å²) in [5.74, 6) is -0.659. The van der Waals surface area contributed by atoms with Gasteiger partial charge in [0.15, 0.2) is 0 Å². The molecule has 1 N–H and O–H groups in total. The third-order valence-electron chi connectivity index (χ3n) is 2.94. The number of carbonyl (C=O) groups excluding carboxylic acids is 2. The fraction of sp³-hybridized carbons (Fsp3) is 0.857. The number of methoxy groups -OCH3 is 1. The molecule has 6 nitrogen and oxygen atoms in total. The summed E-state index contributed by atoms with van der Waals surface area (Å²) in [4.78, 5) is 25.2. The van der Waals surface area contributed by atoms with Crippen molar-refractivity contribution < 1.29 is 24.2 Å². The zero-order chi connectivity index (χ0) is 15.4. The average Bonchev–Trinajstić information content (AvgIpc) is 2.46. The molecule has 20 heavy (non-hydrogen) atoms. The van der Waals surface area contributed by atoms with E-state index in [1.807, 2.05) is 6.92 Å². The van der Waals surface area contributed by atoms with Gasteiger partial charge in [-0.1, -0.05) is 20.3 Å². The molecule has 0 saturated heterocycles. The number of amides is 1. The molecule has 0 spiro atoms. The van der Waals surface area contributed by atoms with E-state index >= 15 is 0 Å². The van der Waals surface area contributed by atoms with Gasteiger partial charge in [0.2, 0.25) is 5.91 Å². The average molecular weight is 289 g/mol. The third-order valence-corrected chi connectivity index (χ3v) is 2.94. The van der Waals surface area contributed by atoms with Gasteiger partial charge in [-0.25, -0.2) is 0 Å². The van der Waals surface area contributed by atoms with Crippen molar-refractivity contribution in [3.05, 3.63) is 0 Å². The van der Waals surface area contributed by atoms with Gasteiger partial charge in [-0.3, -0.25) is 9.59 Å². The van der Waals surface area contributed by atoms with Crippen LogP contribution in [0.2, 0.25) is 0 Å². The number of ether oxygens (including phenoxy) is 2. The third kappa shape index (κ3) is 8.12. The highest BCUT2D eigenvalue weighted by atomic mass is 16.5. The first kappa shape index (κ1) is 18.9. The molecule has 0 aromatic carbocycles. The molecular weight excluding hydrogens is 262 g/mol. The molecule has 0 aliphatic heterocycles. The van der Waals surface area contributed by atoms with E-state index < -0.39 is 0 Å². The zero-order valence-corrected chi connectivity index (χ0v) is 12.8. The number of hydrogen-bond acceptors (Lipinski definition) is 5. The summed E-state index contributed by atoms with van der Waals surface area (Å²) in [6, 6.07) is 0. The van der Waals surface area contributed by atoms with Crippen LogP contribution in [0.4, 0.5) is 0 Å². The van der Waals surface area contributed by atoms with Crippen LogP contribution in [0, 0.1) is 5.92 Å². The topological polar surface area (TPSA) is 76.1 Å². The second-order valence-electron chi connectivity index (χ2n) is 4.70. The molecule has 1 unspecified atom stereocenters. The maximum absolute atomic E-state index is 12.1. The molecule has 0 aromatic heterocycles. The van der Waals surface area contributed by atoms with E-state index in [2.05, 4.69) is 4.74 Å². The summed E-state index contributed by atoms with van der Waals surface area (Å²) in [5.41, 5.74) is 0. The van der Waals surface area contributed by atoms with Crippen molar-refractivity contribution >= 4 is 11.9 Å². The summed E-state index contributed by atoms with van der Waals surface area (Å²) < 4.78 is 9.85. The Hall–Kier alpha value is -1.14. The first-order valence-corrected chi connectivity index (χ1v) is 7.11. The fourth-order valence-electron chi connectivity index (χ4n) is 1.75. The highest BCUT2D eigenvalue weighted by Gasteiger charge is 2.20. The number of aliphatic hydroxyl groups excluding tert-OH is 1. The predicted molar refractivity (Wildman–Crippen MR) is 75.2 cm³/mol. The molecule has 0 fully saturated rings. The van der Waals surface area contributed by atoms with Crippen molar-refractivity contribution in [2.75, 3.05) is 40.0 Å². The fourth-order valence-corrected chi connectivity index (χ4v) is 1.75. The Morgan fingerprint density at radius 3 is 2.55 bits per heavy atom. The molecule has 0 rings (SSSR count). The number of nitrogens with zero attached hydrogens (tertiary/aromatic N) is 1.